The zero-order chi connectivity index (χ0) is 14.1. The molecule has 19 heavy (non-hydrogen) atoms. The lowest BCUT2D eigenvalue weighted by Crippen LogP contribution is -2.40. The number of hydrogen-bond donors (Lipinski definition) is 0. The van der Waals surface area contributed by atoms with Crippen LogP contribution in [0, 0.1) is 0 Å². The molecule has 2 rings (SSSR count). The van der Waals surface area contributed by atoms with Gasteiger partial charge >= 0.3 is 0 Å². The maximum absolute atomic E-state index is 11.4. The summed E-state index contributed by atoms with van der Waals surface area (Å²) in [6.07, 6.45) is 0. The molecule has 3 nitrogen and oxygen atoms in total. The Morgan fingerprint density at radius 2 is 1.58 bits per heavy atom. The largest absolute Gasteiger partial charge is 0.297 e. The highest BCUT2D eigenvalue weighted by Gasteiger charge is 2.21. The summed E-state index contributed by atoms with van der Waals surface area (Å²) in [6.45, 7) is 9.23. The van der Waals surface area contributed by atoms with Crippen molar-refractivity contribution >= 4 is 23.1 Å². The molecule has 0 amide bonds. The van der Waals surface area contributed by atoms with E-state index in [1.807, 2.05) is 0 Å². The Bertz CT molecular complexity index is 518. The predicted molar refractivity (Wildman–Crippen MR) is 83.4 cm³/mol. The second-order valence-electron chi connectivity index (χ2n) is 6.37. The highest BCUT2D eigenvalue weighted by atomic mass is 32.2. The Balaban J connectivity index is 1.97. The van der Waals surface area contributed by atoms with Gasteiger partial charge in [-0.2, -0.15) is 0 Å². The van der Waals surface area contributed by atoms with Crippen LogP contribution in [0.2, 0.25) is 19.6 Å². The Morgan fingerprint density at radius 3 is 2.05 bits per heavy atom. The number of hydrogen-bond acceptors (Lipinski definition) is 3. The van der Waals surface area contributed by atoms with E-state index in [4.69, 9.17) is 0 Å². The Labute approximate surface area is 117 Å². The molecule has 1 heterocycles. The molecule has 1 aromatic rings. The van der Waals surface area contributed by atoms with Crippen molar-refractivity contribution in [1.82, 2.24) is 4.90 Å². The van der Waals surface area contributed by atoms with Gasteiger partial charge in [0.25, 0.3) is 0 Å². The fraction of sp³-hybridized carbons (Fsp3) is 0.571. The van der Waals surface area contributed by atoms with Crippen molar-refractivity contribution in [2.45, 2.75) is 26.2 Å². The van der Waals surface area contributed by atoms with Crippen LogP contribution < -0.4 is 5.19 Å². The number of rotatable bonds is 3. The topological polar surface area (TPSA) is 37.4 Å². The fourth-order valence-electron chi connectivity index (χ4n) is 2.28. The van der Waals surface area contributed by atoms with Crippen LogP contribution >= 0.6 is 0 Å². The van der Waals surface area contributed by atoms with Gasteiger partial charge in [0.15, 0.2) is 9.84 Å². The van der Waals surface area contributed by atoms with Crippen LogP contribution in [0.25, 0.3) is 0 Å². The molecule has 1 fully saturated rings. The third-order valence-corrected chi connectivity index (χ3v) is 7.34. The van der Waals surface area contributed by atoms with Gasteiger partial charge in [0.1, 0.15) is 0 Å². The van der Waals surface area contributed by atoms with Crippen LogP contribution in [0.4, 0.5) is 0 Å². The highest BCUT2D eigenvalue weighted by molar-refractivity contribution is 7.91. The fourth-order valence-corrected chi connectivity index (χ4v) is 4.72. The van der Waals surface area contributed by atoms with Crippen molar-refractivity contribution in [3.63, 3.8) is 0 Å². The Morgan fingerprint density at radius 1 is 1.05 bits per heavy atom. The molecule has 0 saturated carbocycles. The van der Waals surface area contributed by atoms with E-state index in [0.717, 1.165) is 6.54 Å². The summed E-state index contributed by atoms with van der Waals surface area (Å²) in [5.41, 5.74) is 1.28. The maximum Gasteiger partial charge on any atom is 0.152 e. The first-order valence-corrected chi connectivity index (χ1v) is 12.1. The van der Waals surface area contributed by atoms with Crippen LogP contribution in [-0.2, 0) is 16.4 Å². The Hall–Kier alpha value is -0.653. The van der Waals surface area contributed by atoms with Gasteiger partial charge in [-0.05, 0) is 5.56 Å². The van der Waals surface area contributed by atoms with Gasteiger partial charge in [-0.25, -0.2) is 8.42 Å². The lowest BCUT2D eigenvalue weighted by Gasteiger charge is -2.26. The normalized spacial score (nSPS) is 20.4. The molecule has 1 aliphatic heterocycles. The summed E-state index contributed by atoms with van der Waals surface area (Å²) in [5, 5.41) is 1.47. The van der Waals surface area contributed by atoms with E-state index in [1.165, 1.54) is 10.8 Å². The lowest BCUT2D eigenvalue weighted by molar-refractivity contribution is 0.287. The van der Waals surface area contributed by atoms with Gasteiger partial charge in [0, 0.05) is 19.6 Å². The first-order valence-electron chi connectivity index (χ1n) is 6.78. The molecule has 106 valence electrons. The van der Waals surface area contributed by atoms with Crippen LogP contribution in [0.15, 0.2) is 24.3 Å². The third kappa shape index (κ3) is 4.16. The van der Waals surface area contributed by atoms with Gasteiger partial charge < -0.3 is 0 Å². The molecule has 0 atom stereocenters. The van der Waals surface area contributed by atoms with Crippen LogP contribution in [-0.4, -0.2) is 46.0 Å². The van der Waals surface area contributed by atoms with E-state index >= 15 is 0 Å². The summed E-state index contributed by atoms with van der Waals surface area (Å²) in [4.78, 5) is 2.23. The van der Waals surface area contributed by atoms with Gasteiger partial charge in [-0.3, -0.25) is 4.90 Å². The van der Waals surface area contributed by atoms with Crippen molar-refractivity contribution in [2.75, 3.05) is 24.6 Å². The van der Waals surface area contributed by atoms with Gasteiger partial charge in [0.2, 0.25) is 0 Å². The molecular weight excluding hydrogens is 274 g/mol. The van der Waals surface area contributed by atoms with Gasteiger partial charge in [0.05, 0.1) is 19.6 Å². The lowest BCUT2D eigenvalue weighted by atomic mass is 10.2. The van der Waals surface area contributed by atoms with Crippen LogP contribution in [0.1, 0.15) is 5.56 Å². The second-order valence-corrected chi connectivity index (χ2v) is 13.8. The molecule has 0 aromatic heterocycles. The smallest absolute Gasteiger partial charge is 0.152 e. The van der Waals surface area contributed by atoms with E-state index in [1.54, 1.807) is 0 Å². The minimum absolute atomic E-state index is 0.306. The predicted octanol–water partition coefficient (Wildman–Crippen LogP) is 1.46. The summed E-state index contributed by atoms with van der Waals surface area (Å²) in [6, 6.07) is 8.86. The third-order valence-electron chi connectivity index (χ3n) is 3.66. The summed E-state index contributed by atoms with van der Waals surface area (Å²) < 4.78 is 22.8. The molecule has 0 bridgehead atoms. The quantitative estimate of drug-likeness (QED) is 0.793. The Kier molecular flexibility index (Phi) is 4.18. The van der Waals surface area contributed by atoms with Crippen LogP contribution in [0.3, 0.4) is 0 Å². The van der Waals surface area contributed by atoms with Crippen molar-refractivity contribution in [3.8, 4) is 0 Å². The van der Waals surface area contributed by atoms with Crippen LogP contribution in [0.5, 0.6) is 0 Å². The van der Waals surface area contributed by atoms with Gasteiger partial charge in [-0.15, -0.1) is 0 Å². The number of nitrogens with zero attached hydrogens (tertiary/aromatic N) is 1. The molecule has 5 heteroatoms. The molecule has 1 aliphatic rings. The molecule has 0 unspecified atom stereocenters. The van der Waals surface area contributed by atoms with Gasteiger partial charge in [-0.1, -0.05) is 49.1 Å². The monoisotopic (exact) mass is 297 g/mol. The molecule has 1 aromatic carbocycles. The van der Waals surface area contributed by atoms with Crippen molar-refractivity contribution in [1.29, 1.82) is 0 Å². The standard InChI is InChI=1S/C14H23NO2SSi/c1-19(2,3)14-6-4-13(5-7-14)12-15-8-10-18(16,17)11-9-15/h4-7H,8-12H2,1-3H3. The van der Waals surface area contributed by atoms with E-state index in [9.17, 15) is 8.42 Å². The molecule has 0 radical (unpaired) electrons. The molecular formula is C14H23NO2SSi. The summed E-state index contributed by atoms with van der Waals surface area (Å²) in [5.74, 6) is 0.611. The maximum atomic E-state index is 11.4. The average molecular weight is 297 g/mol. The zero-order valence-electron chi connectivity index (χ0n) is 12.0. The molecule has 1 saturated heterocycles. The van der Waals surface area contributed by atoms with E-state index < -0.39 is 17.9 Å². The number of benzene rings is 1. The summed E-state index contributed by atoms with van der Waals surface area (Å²) in [7, 11) is -3.99. The first kappa shape index (κ1) is 14.7. The van der Waals surface area contributed by atoms with Crippen molar-refractivity contribution in [2.24, 2.45) is 0 Å². The zero-order valence-corrected chi connectivity index (χ0v) is 13.8. The van der Waals surface area contributed by atoms with Crippen molar-refractivity contribution < 1.29 is 8.42 Å². The van der Waals surface area contributed by atoms with Crippen molar-refractivity contribution in [3.05, 3.63) is 29.8 Å². The highest BCUT2D eigenvalue weighted by Crippen LogP contribution is 2.10. The second kappa shape index (κ2) is 5.38. The van der Waals surface area contributed by atoms with E-state index in [0.29, 0.717) is 24.6 Å². The SMILES string of the molecule is C[Si](C)(C)c1ccc(CN2CCS(=O)(=O)CC2)cc1. The first-order chi connectivity index (χ1) is 8.76. The summed E-state index contributed by atoms with van der Waals surface area (Å²) >= 11 is 0. The van der Waals surface area contributed by atoms with E-state index in [-0.39, 0.29) is 0 Å². The molecule has 0 N–H and O–H groups in total. The molecule has 0 aliphatic carbocycles. The average Bonchev–Trinajstić information content (AvgIpc) is 2.31. The number of sulfone groups is 1. The minimum Gasteiger partial charge on any atom is -0.297 e. The minimum atomic E-state index is -2.77. The molecule has 0 spiro atoms. The van der Waals surface area contributed by atoms with E-state index in [2.05, 4.69) is 48.8 Å².